The molecule has 0 bridgehead atoms. The van der Waals surface area contributed by atoms with Crippen molar-refractivity contribution in [2.45, 2.75) is 24.5 Å². The molecule has 1 amide bonds. The number of aliphatic imine (C=N–C) groups is 1. The zero-order valence-electron chi connectivity index (χ0n) is 23.2. The number of aliphatic hydroxyl groups is 1. The third kappa shape index (κ3) is 6.47. The number of benzene rings is 3. The fourth-order valence-corrected chi connectivity index (χ4v) is 5.10. The molecule has 2 aliphatic rings. The highest BCUT2D eigenvalue weighted by Gasteiger charge is 2.54. The van der Waals surface area contributed by atoms with Crippen molar-refractivity contribution in [3.05, 3.63) is 112 Å². The van der Waals surface area contributed by atoms with E-state index < -0.39 is 11.6 Å². The second kappa shape index (κ2) is 13.8. The number of nitrogens with zero attached hydrogens (tertiary/aromatic N) is 5. The lowest BCUT2D eigenvalue weighted by Crippen LogP contribution is -2.53. The molecule has 5 rings (SSSR count). The zero-order valence-corrected chi connectivity index (χ0v) is 23.2. The van der Waals surface area contributed by atoms with Gasteiger partial charge in [0.1, 0.15) is 5.75 Å². The van der Waals surface area contributed by atoms with E-state index in [1.165, 1.54) is 0 Å². The van der Waals surface area contributed by atoms with E-state index in [1.807, 2.05) is 66.7 Å². The lowest BCUT2D eigenvalue weighted by atomic mass is 9.83. The SMILES string of the molecule is [N-]=[N+]=Nc1ccccc1[C@H]1OC(c2ccc(OCCCO)cc2)=N[C@@]1(C/C=C/c1ccccc1)C(=O)N1CCOCC1. The van der Waals surface area contributed by atoms with Crippen molar-refractivity contribution in [3.8, 4) is 5.75 Å². The third-order valence-electron chi connectivity index (χ3n) is 7.22. The van der Waals surface area contributed by atoms with Crippen LogP contribution in [0.5, 0.6) is 5.75 Å². The summed E-state index contributed by atoms with van der Waals surface area (Å²) >= 11 is 0. The first-order chi connectivity index (χ1) is 20.6. The van der Waals surface area contributed by atoms with E-state index in [2.05, 4.69) is 10.0 Å². The molecule has 3 aromatic rings. The monoisotopic (exact) mass is 567 g/mol. The van der Waals surface area contributed by atoms with Crippen LogP contribution in [0, 0.1) is 0 Å². The molecular weight excluding hydrogens is 534 g/mol. The van der Waals surface area contributed by atoms with Crippen molar-refractivity contribution in [2.75, 3.05) is 39.5 Å². The summed E-state index contributed by atoms with van der Waals surface area (Å²) in [6, 6.07) is 24.3. The molecule has 1 N–H and O–H groups in total. The van der Waals surface area contributed by atoms with Gasteiger partial charge in [0.25, 0.3) is 5.91 Å². The number of hydrogen-bond donors (Lipinski definition) is 1. The van der Waals surface area contributed by atoms with Crippen molar-refractivity contribution in [2.24, 2.45) is 10.1 Å². The van der Waals surface area contributed by atoms with Gasteiger partial charge in [-0.1, -0.05) is 71.9 Å². The number of rotatable bonds is 11. The molecule has 0 aliphatic carbocycles. The molecule has 2 atom stereocenters. The highest BCUT2D eigenvalue weighted by atomic mass is 16.5. The molecule has 0 spiro atoms. The van der Waals surface area contributed by atoms with Crippen molar-refractivity contribution in [1.82, 2.24) is 4.90 Å². The molecule has 3 aromatic carbocycles. The predicted octanol–water partition coefficient (Wildman–Crippen LogP) is 5.61. The lowest BCUT2D eigenvalue weighted by molar-refractivity contribution is -0.143. The number of amides is 1. The summed E-state index contributed by atoms with van der Waals surface area (Å²) in [6.45, 7) is 2.22. The minimum absolute atomic E-state index is 0.0550. The molecule has 0 radical (unpaired) electrons. The summed E-state index contributed by atoms with van der Waals surface area (Å²) < 4.78 is 17.8. The van der Waals surface area contributed by atoms with E-state index in [-0.39, 0.29) is 18.9 Å². The Morgan fingerprint density at radius 2 is 1.83 bits per heavy atom. The smallest absolute Gasteiger partial charge is 0.255 e. The van der Waals surface area contributed by atoms with E-state index in [4.69, 9.17) is 24.3 Å². The fraction of sp³-hybridized carbons (Fsp3) is 0.312. The largest absolute Gasteiger partial charge is 0.494 e. The van der Waals surface area contributed by atoms with Gasteiger partial charge in [-0.2, -0.15) is 0 Å². The topological polar surface area (TPSA) is 129 Å². The second-order valence-corrected chi connectivity index (χ2v) is 9.96. The first kappa shape index (κ1) is 28.9. The number of azide groups is 1. The molecule has 10 heteroatoms. The normalized spacial score (nSPS) is 20.1. The van der Waals surface area contributed by atoms with Gasteiger partial charge in [-0.3, -0.25) is 4.79 Å². The van der Waals surface area contributed by atoms with Crippen LogP contribution >= 0.6 is 0 Å². The molecule has 2 aliphatic heterocycles. The molecule has 10 nitrogen and oxygen atoms in total. The number of hydrogen-bond acceptors (Lipinski definition) is 7. The quantitative estimate of drug-likeness (QED) is 0.139. The first-order valence-electron chi connectivity index (χ1n) is 14.0. The summed E-state index contributed by atoms with van der Waals surface area (Å²) in [5.41, 5.74) is 10.6. The molecule has 2 heterocycles. The number of ether oxygens (including phenoxy) is 3. The van der Waals surface area contributed by atoms with Gasteiger partial charge in [0, 0.05) is 54.3 Å². The van der Waals surface area contributed by atoms with Gasteiger partial charge in [-0.25, -0.2) is 4.99 Å². The standard InChI is InChI=1S/C32H33N5O5/c33-36-35-28-12-5-4-11-27(28)29-32(31(39)37-18-22-40-23-19-37,17-6-10-24-8-2-1-3-9-24)34-30(42-29)25-13-15-26(16-14-25)41-21-7-20-38/h1-6,8-16,29,38H,7,17-23H2/b10-6+/t29-,32-/m1/s1. The average Bonchev–Trinajstić information content (AvgIpc) is 3.43. The Balaban J connectivity index is 1.59. The second-order valence-electron chi connectivity index (χ2n) is 9.96. The Kier molecular flexibility index (Phi) is 9.51. The fourth-order valence-electron chi connectivity index (χ4n) is 5.10. The van der Waals surface area contributed by atoms with Crippen LogP contribution in [0.3, 0.4) is 0 Å². The number of carbonyl (C=O) groups excluding carboxylic acids is 1. The highest BCUT2D eigenvalue weighted by Crippen LogP contribution is 2.46. The van der Waals surface area contributed by atoms with E-state index in [1.54, 1.807) is 29.2 Å². The summed E-state index contributed by atoms with van der Waals surface area (Å²) in [4.78, 5) is 24.4. The van der Waals surface area contributed by atoms with Gasteiger partial charge >= 0.3 is 0 Å². The van der Waals surface area contributed by atoms with Gasteiger partial charge in [-0.15, -0.1) is 0 Å². The van der Waals surface area contributed by atoms with Crippen molar-refractivity contribution in [1.29, 1.82) is 0 Å². The maximum Gasteiger partial charge on any atom is 0.255 e. The van der Waals surface area contributed by atoms with Crippen molar-refractivity contribution in [3.63, 3.8) is 0 Å². The summed E-state index contributed by atoms with van der Waals surface area (Å²) in [7, 11) is 0. The Hall–Kier alpha value is -4.63. The molecule has 1 saturated heterocycles. The van der Waals surface area contributed by atoms with Gasteiger partial charge in [0.15, 0.2) is 11.6 Å². The summed E-state index contributed by atoms with van der Waals surface area (Å²) in [5, 5.41) is 13.0. The Labute approximate surface area is 244 Å². The minimum atomic E-state index is -1.37. The van der Waals surface area contributed by atoms with Gasteiger partial charge in [0.05, 0.1) is 19.8 Å². The van der Waals surface area contributed by atoms with Crippen LogP contribution in [0.1, 0.15) is 35.6 Å². The molecule has 216 valence electrons. The molecule has 0 unspecified atom stereocenters. The highest BCUT2D eigenvalue weighted by molar-refractivity contribution is 6.01. The van der Waals surface area contributed by atoms with Gasteiger partial charge in [-0.05, 0) is 35.4 Å². The van der Waals surface area contributed by atoms with E-state index in [9.17, 15) is 10.3 Å². The number of morpholine rings is 1. The number of aliphatic hydroxyl groups excluding tert-OH is 1. The summed E-state index contributed by atoms with van der Waals surface area (Å²) in [6.07, 6.45) is 3.85. The molecule has 0 aromatic heterocycles. The average molecular weight is 568 g/mol. The van der Waals surface area contributed by atoms with Crippen molar-refractivity contribution < 1.29 is 24.1 Å². The van der Waals surface area contributed by atoms with E-state index in [0.29, 0.717) is 67.8 Å². The molecule has 1 fully saturated rings. The van der Waals surface area contributed by atoms with Crippen LogP contribution in [0.4, 0.5) is 5.69 Å². The predicted molar refractivity (Wildman–Crippen MR) is 159 cm³/mol. The Morgan fingerprint density at radius 1 is 1.10 bits per heavy atom. The van der Waals surface area contributed by atoms with E-state index >= 15 is 0 Å². The van der Waals surface area contributed by atoms with Crippen LogP contribution < -0.4 is 4.74 Å². The van der Waals surface area contributed by atoms with Gasteiger partial charge < -0.3 is 24.2 Å². The Bertz CT molecular complexity index is 1460. The summed E-state index contributed by atoms with van der Waals surface area (Å²) in [5.74, 6) is 0.785. The van der Waals surface area contributed by atoms with Crippen LogP contribution in [0.25, 0.3) is 16.5 Å². The van der Waals surface area contributed by atoms with Crippen LogP contribution in [0.15, 0.2) is 95.0 Å². The Morgan fingerprint density at radius 3 is 2.57 bits per heavy atom. The van der Waals surface area contributed by atoms with E-state index in [0.717, 1.165) is 5.56 Å². The lowest BCUT2D eigenvalue weighted by Gasteiger charge is -2.37. The maximum absolute atomic E-state index is 14.5. The van der Waals surface area contributed by atoms with Crippen LogP contribution in [-0.4, -0.2) is 66.9 Å². The first-order valence-corrected chi connectivity index (χ1v) is 14.0. The van der Waals surface area contributed by atoms with Crippen LogP contribution in [0.2, 0.25) is 0 Å². The molecule has 42 heavy (non-hydrogen) atoms. The zero-order chi connectivity index (χ0) is 29.2. The maximum atomic E-state index is 14.5. The van der Waals surface area contributed by atoms with Crippen LogP contribution in [-0.2, 0) is 14.3 Å². The minimum Gasteiger partial charge on any atom is -0.494 e. The third-order valence-corrected chi connectivity index (χ3v) is 7.22. The molecule has 0 saturated carbocycles. The van der Waals surface area contributed by atoms with Gasteiger partial charge in [0.2, 0.25) is 5.90 Å². The number of carbonyl (C=O) groups is 1. The molecular formula is C32H33N5O5. The van der Waals surface area contributed by atoms with Crippen molar-refractivity contribution >= 4 is 23.6 Å².